The zero-order chi connectivity index (χ0) is 11.4. The third-order valence-electron chi connectivity index (χ3n) is 1.83. The van der Waals surface area contributed by atoms with Gasteiger partial charge in [0.25, 0.3) is 0 Å². The van der Waals surface area contributed by atoms with Gasteiger partial charge < -0.3 is 14.8 Å². The molecule has 0 unspecified atom stereocenters. The van der Waals surface area contributed by atoms with Crippen LogP contribution in [0, 0.1) is 11.7 Å². The molecule has 3 nitrogen and oxygen atoms in total. The fourth-order valence-electron chi connectivity index (χ4n) is 1.05. The van der Waals surface area contributed by atoms with Crippen molar-refractivity contribution in [1.29, 1.82) is 0 Å². The van der Waals surface area contributed by atoms with Gasteiger partial charge in [-0.3, -0.25) is 0 Å². The van der Waals surface area contributed by atoms with E-state index >= 15 is 0 Å². The summed E-state index contributed by atoms with van der Waals surface area (Å²) in [6, 6.07) is 3.76. The van der Waals surface area contributed by atoms with Crippen LogP contribution in [0.2, 0.25) is 0 Å². The topological polar surface area (TPSA) is 49.7 Å². The summed E-state index contributed by atoms with van der Waals surface area (Å²) < 4.78 is 18.4. The second-order valence-electron chi connectivity index (χ2n) is 3.77. The highest BCUT2D eigenvalue weighted by molar-refractivity contribution is 6.58. The molecule has 0 fully saturated rings. The van der Waals surface area contributed by atoms with Gasteiger partial charge in [-0.1, -0.05) is 19.9 Å². The molecule has 1 aromatic rings. The molecule has 2 N–H and O–H groups in total. The molecule has 1 rings (SSSR count). The summed E-state index contributed by atoms with van der Waals surface area (Å²) in [6.45, 7) is 4.28. The molecule has 0 aliphatic rings. The van der Waals surface area contributed by atoms with E-state index in [1.807, 2.05) is 13.8 Å². The van der Waals surface area contributed by atoms with E-state index in [1.165, 1.54) is 12.1 Å². The van der Waals surface area contributed by atoms with Crippen molar-refractivity contribution in [2.45, 2.75) is 13.8 Å². The van der Waals surface area contributed by atoms with E-state index in [-0.39, 0.29) is 17.1 Å². The van der Waals surface area contributed by atoms with Crippen molar-refractivity contribution >= 4 is 12.6 Å². The van der Waals surface area contributed by atoms with E-state index in [0.29, 0.717) is 6.61 Å². The van der Waals surface area contributed by atoms with Gasteiger partial charge in [-0.2, -0.15) is 0 Å². The van der Waals surface area contributed by atoms with Crippen LogP contribution in [0.25, 0.3) is 0 Å². The number of benzene rings is 1. The lowest BCUT2D eigenvalue weighted by Crippen LogP contribution is -2.30. The highest BCUT2D eigenvalue weighted by atomic mass is 19.1. The lowest BCUT2D eigenvalue weighted by Gasteiger charge is -2.10. The summed E-state index contributed by atoms with van der Waals surface area (Å²) >= 11 is 0. The minimum absolute atomic E-state index is 0.0503. The third kappa shape index (κ3) is 3.53. The monoisotopic (exact) mass is 212 g/mol. The Morgan fingerprint density at radius 2 is 2.07 bits per heavy atom. The van der Waals surface area contributed by atoms with Gasteiger partial charge in [-0.05, 0) is 23.5 Å². The summed E-state index contributed by atoms with van der Waals surface area (Å²) in [5.74, 6) is -0.165. The average Bonchev–Trinajstić information content (AvgIpc) is 2.16. The van der Waals surface area contributed by atoms with Gasteiger partial charge in [0.05, 0.1) is 6.61 Å². The zero-order valence-corrected chi connectivity index (χ0v) is 8.77. The quantitative estimate of drug-likeness (QED) is 0.716. The first-order valence-electron chi connectivity index (χ1n) is 4.79. The van der Waals surface area contributed by atoms with Crippen LogP contribution in [0.4, 0.5) is 4.39 Å². The maximum Gasteiger partial charge on any atom is 0.488 e. The molecule has 0 saturated carbocycles. The van der Waals surface area contributed by atoms with Gasteiger partial charge >= 0.3 is 7.12 Å². The lowest BCUT2D eigenvalue weighted by molar-refractivity contribution is 0.259. The van der Waals surface area contributed by atoms with Gasteiger partial charge in [0.15, 0.2) is 11.6 Å². The van der Waals surface area contributed by atoms with E-state index < -0.39 is 12.9 Å². The molecule has 0 aliphatic carbocycles. The molecule has 0 amide bonds. The summed E-state index contributed by atoms with van der Waals surface area (Å²) in [5.41, 5.74) is 0.218. The van der Waals surface area contributed by atoms with Crippen molar-refractivity contribution < 1.29 is 19.2 Å². The molecule has 0 bridgehead atoms. The lowest BCUT2D eigenvalue weighted by atomic mass is 9.80. The first kappa shape index (κ1) is 12.0. The van der Waals surface area contributed by atoms with Crippen LogP contribution < -0.4 is 10.2 Å². The van der Waals surface area contributed by atoms with Crippen LogP contribution in [0.15, 0.2) is 18.2 Å². The normalized spacial score (nSPS) is 10.5. The van der Waals surface area contributed by atoms with Crippen molar-refractivity contribution in [2.24, 2.45) is 5.92 Å². The Morgan fingerprint density at radius 1 is 1.40 bits per heavy atom. The molecule has 0 saturated heterocycles. The van der Waals surface area contributed by atoms with Crippen LogP contribution in [0.3, 0.4) is 0 Å². The predicted octanol–water partition coefficient (Wildman–Crippen LogP) is 0.540. The Balaban J connectivity index is 2.81. The maximum atomic E-state index is 13.2. The van der Waals surface area contributed by atoms with Crippen molar-refractivity contribution in [3.63, 3.8) is 0 Å². The number of ether oxygens (including phenoxy) is 1. The maximum absolute atomic E-state index is 13.2. The van der Waals surface area contributed by atoms with E-state index in [2.05, 4.69) is 0 Å². The average molecular weight is 212 g/mol. The molecular formula is C10H14BFO3. The molecule has 82 valence electrons. The second kappa shape index (κ2) is 5.14. The highest BCUT2D eigenvalue weighted by Crippen LogP contribution is 2.15. The fourth-order valence-corrected chi connectivity index (χ4v) is 1.05. The third-order valence-corrected chi connectivity index (χ3v) is 1.83. The summed E-state index contributed by atoms with van der Waals surface area (Å²) in [6.07, 6.45) is 0. The Hall–Kier alpha value is -1.07. The Morgan fingerprint density at radius 3 is 2.60 bits per heavy atom. The van der Waals surface area contributed by atoms with Gasteiger partial charge in [-0.15, -0.1) is 0 Å². The van der Waals surface area contributed by atoms with Crippen molar-refractivity contribution in [3.05, 3.63) is 24.0 Å². The Bertz CT molecular complexity index is 328. The zero-order valence-electron chi connectivity index (χ0n) is 8.77. The minimum Gasteiger partial charge on any atom is -0.490 e. The first-order chi connectivity index (χ1) is 7.00. The van der Waals surface area contributed by atoms with Gasteiger partial charge in [-0.25, -0.2) is 4.39 Å². The van der Waals surface area contributed by atoms with Gasteiger partial charge in [0.2, 0.25) is 0 Å². The molecule has 15 heavy (non-hydrogen) atoms. The minimum atomic E-state index is -1.60. The number of hydrogen-bond acceptors (Lipinski definition) is 3. The summed E-state index contributed by atoms with van der Waals surface area (Å²) in [5, 5.41) is 17.8. The fraction of sp³-hybridized carbons (Fsp3) is 0.400. The van der Waals surface area contributed by atoms with E-state index in [0.717, 1.165) is 6.07 Å². The summed E-state index contributed by atoms with van der Waals surface area (Å²) in [7, 11) is -1.60. The van der Waals surface area contributed by atoms with Crippen molar-refractivity contribution in [2.75, 3.05) is 6.61 Å². The molecule has 5 heteroatoms. The Kier molecular flexibility index (Phi) is 4.11. The van der Waals surface area contributed by atoms with Crippen molar-refractivity contribution in [1.82, 2.24) is 0 Å². The first-order valence-corrected chi connectivity index (χ1v) is 4.79. The number of hydrogen-bond donors (Lipinski definition) is 2. The van der Waals surface area contributed by atoms with Crippen LogP contribution in [0.5, 0.6) is 5.75 Å². The van der Waals surface area contributed by atoms with Crippen LogP contribution in [0.1, 0.15) is 13.8 Å². The SMILES string of the molecule is CC(C)COc1cc(B(O)O)ccc1F. The van der Waals surface area contributed by atoms with Crippen LogP contribution in [-0.4, -0.2) is 23.8 Å². The van der Waals surface area contributed by atoms with Crippen LogP contribution >= 0.6 is 0 Å². The summed E-state index contributed by atoms with van der Waals surface area (Å²) in [4.78, 5) is 0. The molecule has 0 heterocycles. The predicted molar refractivity (Wildman–Crippen MR) is 56.6 cm³/mol. The largest absolute Gasteiger partial charge is 0.490 e. The second-order valence-corrected chi connectivity index (χ2v) is 3.77. The molecule has 1 aromatic carbocycles. The number of halogens is 1. The van der Waals surface area contributed by atoms with Crippen LogP contribution in [-0.2, 0) is 0 Å². The smallest absolute Gasteiger partial charge is 0.488 e. The highest BCUT2D eigenvalue weighted by Gasteiger charge is 2.14. The molecule has 0 aliphatic heterocycles. The molecule has 0 spiro atoms. The number of rotatable bonds is 4. The molecular weight excluding hydrogens is 198 g/mol. The van der Waals surface area contributed by atoms with Gasteiger partial charge in [0.1, 0.15) is 0 Å². The van der Waals surface area contributed by atoms with E-state index in [1.54, 1.807) is 0 Å². The van der Waals surface area contributed by atoms with Gasteiger partial charge in [0, 0.05) is 0 Å². The molecule has 0 radical (unpaired) electrons. The van der Waals surface area contributed by atoms with E-state index in [4.69, 9.17) is 14.8 Å². The molecule has 0 aromatic heterocycles. The Labute approximate surface area is 88.7 Å². The standard InChI is InChI=1S/C10H14BFO3/c1-7(2)6-15-10-5-8(11(13)14)3-4-9(10)12/h3-5,7,13-14H,6H2,1-2H3. The molecule has 0 atom stereocenters. The van der Waals surface area contributed by atoms with Crippen molar-refractivity contribution in [3.8, 4) is 5.75 Å². The van der Waals surface area contributed by atoms with E-state index in [9.17, 15) is 4.39 Å².